The minimum absolute atomic E-state index is 0.259. The van der Waals surface area contributed by atoms with Crippen molar-refractivity contribution in [1.29, 1.82) is 0 Å². The molecule has 0 saturated carbocycles. The molecule has 0 unspecified atom stereocenters. The Morgan fingerprint density at radius 2 is 2.04 bits per heavy atom. The van der Waals surface area contributed by atoms with Crippen molar-refractivity contribution < 1.29 is 9.53 Å². The summed E-state index contributed by atoms with van der Waals surface area (Å²) < 4.78 is 6.64. The molecule has 140 valence electrons. The van der Waals surface area contributed by atoms with Gasteiger partial charge in [-0.25, -0.2) is 9.89 Å². The van der Waals surface area contributed by atoms with Crippen LogP contribution in [0.15, 0.2) is 41.5 Å². The molecule has 1 N–H and O–H groups in total. The maximum atomic E-state index is 12.2. The second-order valence-electron chi connectivity index (χ2n) is 6.89. The molecule has 0 aromatic heterocycles. The third-order valence-corrected chi connectivity index (χ3v) is 5.03. The van der Waals surface area contributed by atoms with Gasteiger partial charge in [0.15, 0.2) is 0 Å². The molecule has 1 aromatic rings. The number of carbonyl (C=O) groups excluding carboxylic acids is 1. The van der Waals surface area contributed by atoms with Crippen LogP contribution in [0.3, 0.4) is 0 Å². The van der Waals surface area contributed by atoms with Gasteiger partial charge in [0.1, 0.15) is 11.3 Å². The number of aromatic amines is 1. The smallest absolute Gasteiger partial charge is 0.341 e. The molecule has 3 heterocycles. The van der Waals surface area contributed by atoms with Crippen LogP contribution in [0.25, 0.3) is 16.9 Å². The number of likely N-dealkylation sites (tertiary alicyclic amines) is 1. The minimum Gasteiger partial charge on any atom is -0.465 e. The molecular weight excluding hydrogens is 344 g/mol. The minimum atomic E-state index is -0.523. The highest BCUT2D eigenvalue weighted by Gasteiger charge is 2.22. The van der Waals surface area contributed by atoms with Gasteiger partial charge in [-0.3, -0.25) is 9.69 Å². The molecule has 1 fully saturated rings. The number of piperidine rings is 1. The first-order valence-corrected chi connectivity index (χ1v) is 9.16. The maximum Gasteiger partial charge on any atom is 0.341 e. The third-order valence-electron chi connectivity index (χ3n) is 5.03. The van der Waals surface area contributed by atoms with Gasteiger partial charge in [-0.2, -0.15) is 5.10 Å². The van der Waals surface area contributed by atoms with Gasteiger partial charge in [0, 0.05) is 24.6 Å². The fourth-order valence-corrected chi connectivity index (χ4v) is 3.64. The number of nitrogens with one attached hydrogen (secondary N) is 1. The molecule has 7 nitrogen and oxygen atoms in total. The quantitative estimate of drug-likeness (QED) is 0.718. The molecule has 0 bridgehead atoms. The summed E-state index contributed by atoms with van der Waals surface area (Å²) in [6, 6.07) is 8.15. The zero-order valence-electron chi connectivity index (χ0n) is 15.3. The van der Waals surface area contributed by atoms with Crippen molar-refractivity contribution in [1.82, 2.24) is 19.7 Å². The van der Waals surface area contributed by atoms with Crippen molar-refractivity contribution in [2.45, 2.75) is 25.8 Å². The Hall–Kier alpha value is -2.93. The van der Waals surface area contributed by atoms with Gasteiger partial charge in [0.2, 0.25) is 0 Å². The first kappa shape index (κ1) is 17.5. The molecule has 3 aliphatic heterocycles. The van der Waals surface area contributed by atoms with Gasteiger partial charge < -0.3 is 9.30 Å². The van der Waals surface area contributed by atoms with Crippen molar-refractivity contribution in [2.24, 2.45) is 0 Å². The van der Waals surface area contributed by atoms with Crippen LogP contribution in [0, 0.1) is 0 Å². The first-order chi connectivity index (χ1) is 13.2. The van der Waals surface area contributed by atoms with Gasteiger partial charge in [0.25, 0.3) is 5.56 Å². The van der Waals surface area contributed by atoms with Crippen LogP contribution < -0.4 is 5.56 Å². The standard InChI is InChI=1S/C20H22N4O3/c1-27-20(26)17-13-24(12-16-18(17)21-22-19(16)25)15-7-5-6-14(10-15)11-23-8-3-2-4-9-23/h5-7,10,12-13H,2-4,8-9,11H2,1H3,(H,22,25). The number of H-pyrrole nitrogens is 1. The van der Waals surface area contributed by atoms with Crippen LogP contribution >= 0.6 is 0 Å². The zero-order chi connectivity index (χ0) is 18.8. The van der Waals surface area contributed by atoms with Crippen LogP contribution in [-0.2, 0) is 11.3 Å². The summed E-state index contributed by atoms with van der Waals surface area (Å²) in [6.07, 6.45) is 7.17. The Morgan fingerprint density at radius 1 is 1.22 bits per heavy atom. The van der Waals surface area contributed by atoms with Crippen LogP contribution in [0.2, 0.25) is 0 Å². The number of carbonyl (C=O) groups is 1. The van der Waals surface area contributed by atoms with E-state index in [9.17, 15) is 9.59 Å². The largest absolute Gasteiger partial charge is 0.465 e. The van der Waals surface area contributed by atoms with Crippen molar-refractivity contribution in [2.75, 3.05) is 20.2 Å². The van der Waals surface area contributed by atoms with Gasteiger partial charge in [0.05, 0.1) is 12.7 Å². The van der Waals surface area contributed by atoms with Crippen molar-refractivity contribution in [3.05, 3.63) is 58.1 Å². The predicted octanol–water partition coefficient (Wildman–Crippen LogP) is 2.44. The topological polar surface area (TPSA) is 80.2 Å². The van der Waals surface area contributed by atoms with E-state index in [-0.39, 0.29) is 11.1 Å². The number of pyridine rings is 1. The zero-order valence-corrected chi connectivity index (χ0v) is 15.3. The Morgan fingerprint density at radius 3 is 2.81 bits per heavy atom. The molecule has 0 amide bonds. The lowest BCUT2D eigenvalue weighted by atomic mass is 10.1. The maximum absolute atomic E-state index is 12.2. The van der Waals surface area contributed by atoms with E-state index in [1.807, 2.05) is 12.1 Å². The summed E-state index contributed by atoms with van der Waals surface area (Å²) in [5, 5.41) is 6.37. The molecule has 0 aliphatic carbocycles. The number of rotatable bonds is 4. The number of benzene rings is 1. The Kier molecular flexibility index (Phi) is 4.77. The average Bonchev–Trinajstić information content (AvgIpc) is 3.08. The number of aromatic nitrogens is 3. The first-order valence-electron chi connectivity index (χ1n) is 9.16. The van der Waals surface area contributed by atoms with E-state index in [0.717, 1.165) is 25.3 Å². The summed E-state index contributed by atoms with van der Waals surface area (Å²) in [5.74, 6) is -0.523. The van der Waals surface area contributed by atoms with Crippen LogP contribution in [0.1, 0.15) is 35.2 Å². The van der Waals surface area contributed by atoms with Crippen LogP contribution in [0.4, 0.5) is 0 Å². The third kappa shape index (κ3) is 3.50. The summed E-state index contributed by atoms with van der Waals surface area (Å²) in [6.45, 7) is 3.16. The van der Waals surface area contributed by atoms with Crippen molar-refractivity contribution in [3.8, 4) is 16.9 Å². The summed E-state index contributed by atoms with van der Waals surface area (Å²) in [7, 11) is 1.31. The van der Waals surface area contributed by atoms with E-state index < -0.39 is 5.97 Å². The summed E-state index contributed by atoms with van der Waals surface area (Å²) in [4.78, 5) is 26.7. The number of hydrogen-bond acceptors (Lipinski definition) is 5. The lowest BCUT2D eigenvalue weighted by Gasteiger charge is -2.26. The highest BCUT2D eigenvalue weighted by molar-refractivity contribution is 5.96. The molecule has 7 heteroatoms. The van der Waals surface area contributed by atoms with Gasteiger partial charge in [-0.1, -0.05) is 18.6 Å². The molecule has 0 radical (unpaired) electrons. The van der Waals surface area contributed by atoms with E-state index in [1.165, 1.54) is 31.9 Å². The monoisotopic (exact) mass is 366 g/mol. The van der Waals surface area contributed by atoms with Gasteiger partial charge in [-0.05, 0) is 43.6 Å². The number of methoxy groups -OCH3 is 1. The van der Waals surface area contributed by atoms with Gasteiger partial charge >= 0.3 is 5.97 Å². The number of hydrogen-bond donors (Lipinski definition) is 1. The molecule has 1 saturated heterocycles. The summed E-state index contributed by atoms with van der Waals surface area (Å²) in [5.41, 5.74) is 2.71. The fraction of sp³-hybridized carbons (Fsp3) is 0.350. The molecule has 4 rings (SSSR count). The molecular formula is C20H22N4O3. The highest BCUT2D eigenvalue weighted by atomic mass is 16.5. The lowest BCUT2D eigenvalue weighted by Crippen LogP contribution is -2.29. The number of esters is 1. The number of fused-ring (bicyclic) bond motifs is 1. The lowest BCUT2D eigenvalue weighted by molar-refractivity contribution is 0.0600. The molecule has 3 aliphatic rings. The fourth-order valence-electron chi connectivity index (χ4n) is 3.64. The van der Waals surface area contributed by atoms with E-state index in [0.29, 0.717) is 11.3 Å². The van der Waals surface area contributed by atoms with Crippen LogP contribution in [0.5, 0.6) is 0 Å². The van der Waals surface area contributed by atoms with Crippen molar-refractivity contribution >= 4 is 5.97 Å². The molecule has 0 atom stereocenters. The van der Waals surface area contributed by atoms with E-state index in [1.54, 1.807) is 17.0 Å². The highest BCUT2D eigenvalue weighted by Crippen LogP contribution is 2.23. The Bertz CT molecular complexity index is 985. The van der Waals surface area contributed by atoms with E-state index in [4.69, 9.17) is 4.74 Å². The molecule has 1 aromatic carbocycles. The molecule has 27 heavy (non-hydrogen) atoms. The van der Waals surface area contributed by atoms with Crippen molar-refractivity contribution in [3.63, 3.8) is 0 Å². The second-order valence-corrected chi connectivity index (χ2v) is 6.89. The predicted molar refractivity (Wildman–Crippen MR) is 101 cm³/mol. The van der Waals surface area contributed by atoms with Crippen LogP contribution in [-0.4, -0.2) is 45.8 Å². The normalized spacial score (nSPS) is 15.1. The van der Waals surface area contributed by atoms with E-state index in [2.05, 4.69) is 27.2 Å². The SMILES string of the molecule is COC(=O)c1cn(-c2cccc(CN3CCCCC3)c2)cc2c(=O)[nH]nc1-2. The number of ether oxygens (including phenoxy) is 1. The average molecular weight is 366 g/mol. The molecule has 0 spiro atoms. The summed E-state index contributed by atoms with van der Waals surface area (Å²) >= 11 is 0. The van der Waals surface area contributed by atoms with E-state index >= 15 is 0 Å². The number of nitrogens with zero attached hydrogens (tertiary/aromatic N) is 3. The second kappa shape index (κ2) is 7.36. The van der Waals surface area contributed by atoms with Gasteiger partial charge in [-0.15, -0.1) is 0 Å². The Balaban J connectivity index is 1.72. The Labute approximate surface area is 156 Å².